The van der Waals surface area contributed by atoms with Crippen LogP contribution in [0.25, 0.3) is 11.0 Å². The molecule has 1 fully saturated rings. The Hall–Kier alpha value is -2.84. The lowest BCUT2D eigenvalue weighted by atomic mass is 10.0. The van der Waals surface area contributed by atoms with Gasteiger partial charge in [-0.3, -0.25) is 4.79 Å². The van der Waals surface area contributed by atoms with E-state index in [4.69, 9.17) is 16.3 Å². The van der Waals surface area contributed by atoms with Crippen LogP contribution >= 0.6 is 11.6 Å². The highest BCUT2D eigenvalue weighted by atomic mass is 35.5. The molecule has 4 rings (SSSR count). The highest BCUT2D eigenvalue weighted by Gasteiger charge is 2.31. The van der Waals surface area contributed by atoms with Gasteiger partial charge >= 0.3 is 0 Å². The third kappa shape index (κ3) is 3.48. The molecule has 8 nitrogen and oxygen atoms in total. The van der Waals surface area contributed by atoms with Crippen molar-refractivity contribution in [2.75, 3.05) is 25.1 Å². The fourth-order valence-corrected chi connectivity index (χ4v) is 3.66. The molecule has 0 spiro atoms. The molecule has 1 amide bonds. The number of aliphatic hydroxyl groups is 1. The molecule has 0 aliphatic carbocycles. The number of carbonyl (C=O) groups is 1. The van der Waals surface area contributed by atoms with Crippen molar-refractivity contribution in [3.8, 4) is 5.75 Å². The van der Waals surface area contributed by atoms with Gasteiger partial charge in [-0.05, 0) is 30.7 Å². The summed E-state index contributed by atoms with van der Waals surface area (Å²) in [5.41, 5.74) is 1.08. The first-order chi connectivity index (χ1) is 13.6. The van der Waals surface area contributed by atoms with Gasteiger partial charge in [-0.1, -0.05) is 11.6 Å². The number of aromatic nitrogens is 3. The predicted octanol–water partition coefficient (Wildman–Crippen LogP) is 1.99. The Morgan fingerprint density at radius 2 is 2.25 bits per heavy atom. The second kappa shape index (κ2) is 7.65. The quantitative estimate of drug-likeness (QED) is 0.617. The van der Waals surface area contributed by atoms with Gasteiger partial charge in [0.2, 0.25) is 0 Å². The smallest absolute Gasteiger partial charge is 0.255 e. The van der Waals surface area contributed by atoms with Gasteiger partial charge in [0.05, 0.1) is 30.2 Å². The maximum Gasteiger partial charge on any atom is 0.255 e. The minimum absolute atomic E-state index is 0.328. The number of carbonyl (C=O) groups excluding carboxylic acids is 1. The number of aliphatic hydroxyl groups excluding tert-OH is 1. The van der Waals surface area contributed by atoms with Crippen LogP contribution in [0.5, 0.6) is 5.75 Å². The normalized spacial score (nSPS) is 19.6. The van der Waals surface area contributed by atoms with Crippen LogP contribution < -0.4 is 15.0 Å². The first-order valence-electron chi connectivity index (χ1n) is 8.92. The van der Waals surface area contributed by atoms with Crippen molar-refractivity contribution in [2.45, 2.75) is 18.6 Å². The van der Waals surface area contributed by atoms with Crippen molar-refractivity contribution in [2.24, 2.45) is 0 Å². The zero-order valence-corrected chi connectivity index (χ0v) is 16.0. The zero-order valence-electron chi connectivity index (χ0n) is 15.2. The van der Waals surface area contributed by atoms with Crippen molar-refractivity contribution in [3.05, 3.63) is 47.4 Å². The van der Waals surface area contributed by atoms with E-state index < -0.39 is 12.1 Å². The Labute approximate surface area is 166 Å². The van der Waals surface area contributed by atoms with Crippen molar-refractivity contribution >= 4 is 34.4 Å². The average molecular weight is 402 g/mol. The first kappa shape index (κ1) is 18.5. The highest BCUT2D eigenvalue weighted by Crippen LogP contribution is 2.26. The monoisotopic (exact) mass is 401 g/mol. The number of anilines is 1. The molecule has 2 atom stereocenters. The van der Waals surface area contributed by atoms with Gasteiger partial charge in [0.25, 0.3) is 5.91 Å². The molecule has 1 aliphatic heterocycles. The van der Waals surface area contributed by atoms with Gasteiger partial charge in [-0.15, -0.1) is 0 Å². The number of methoxy groups -OCH3 is 1. The number of fused-ring (bicyclic) bond motifs is 1. The molecule has 0 saturated carbocycles. The summed E-state index contributed by atoms with van der Waals surface area (Å²) >= 11 is 6.03. The number of rotatable bonds is 4. The van der Waals surface area contributed by atoms with Crippen molar-refractivity contribution in [1.82, 2.24) is 20.3 Å². The van der Waals surface area contributed by atoms with Gasteiger partial charge in [0.1, 0.15) is 23.5 Å². The Morgan fingerprint density at radius 1 is 1.39 bits per heavy atom. The molecule has 1 aromatic carbocycles. The second-order valence-electron chi connectivity index (χ2n) is 6.66. The number of aromatic amines is 1. The number of amides is 1. The Balaban J connectivity index is 1.55. The third-order valence-corrected chi connectivity index (χ3v) is 5.17. The van der Waals surface area contributed by atoms with Crippen LogP contribution in [0.1, 0.15) is 16.8 Å². The van der Waals surface area contributed by atoms with E-state index >= 15 is 0 Å². The molecular formula is C19H20ClN5O3. The lowest BCUT2D eigenvalue weighted by molar-refractivity contribution is 0.0783. The zero-order chi connectivity index (χ0) is 19.7. The standard InChI is InChI=1S/C19H20ClN5O3/c1-28-16-3-2-11(20)8-13(16)19(27)24-14-9-25(7-5-15(14)26)18-12-4-6-21-17(12)22-10-23-18/h2-4,6,8,10,14-15,26H,5,7,9H2,1H3,(H,24,27)(H,21,22,23)/t14-,15+/m1/s1. The Morgan fingerprint density at radius 3 is 3.07 bits per heavy atom. The molecule has 3 N–H and O–H groups in total. The number of hydrogen-bond donors (Lipinski definition) is 3. The van der Waals surface area contributed by atoms with E-state index in [1.807, 2.05) is 17.2 Å². The maximum absolute atomic E-state index is 12.8. The number of piperidine rings is 1. The third-order valence-electron chi connectivity index (χ3n) is 4.93. The van der Waals surface area contributed by atoms with Gasteiger partial charge in [0, 0.05) is 24.3 Å². The van der Waals surface area contributed by atoms with Crippen LogP contribution in [-0.2, 0) is 0 Å². The fourth-order valence-electron chi connectivity index (χ4n) is 3.49. The lowest BCUT2D eigenvalue weighted by Gasteiger charge is -2.37. The van der Waals surface area contributed by atoms with E-state index in [1.54, 1.807) is 18.2 Å². The fraction of sp³-hybridized carbons (Fsp3) is 0.316. The molecule has 3 aromatic rings. The largest absolute Gasteiger partial charge is 0.496 e. The molecule has 146 valence electrons. The topological polar surface area (TPSA) is 103 Å². The Kier molecular flexibility index (Phi) is 5.06. The van der Waals surface area contributed by atoms with Crippen LogP contribution in [0.15, 0.2) is 36.8 Å². The van der Waals surface area contributed by atoms with E-state index in [1.165, 1.54) is 13.4 Å². The molecule has 2 aromatic heterocycles. The van der Waals surface area contributed by atoms with Crippen molar-refractivity contribution < 1.29 is 14.6 Å². The number of nitrogens with one attached hydrogen (secondary N) is 2. The lowest BCUT2D eigenvalue weighted by Crippen LogP contribution is -2.55. The molecule has 28 heavy (non-hydrogen) atoms. The minimum Gasteiger partial charge on any atom is -0.496 e. The van der Waals surface area contributed by atoms with E-state index in [2.05, 4.69) is 20.3 Å². The van der Waals surface area contributed by atoms with Crippen molar-refractivity contribution in [3.63, 3.8) is 0 Å². The number of ether oxygens (including phenoxy) is 1. The summed E-state index contributed by atoms with van der Waals surface area (Å²) in [7, 11) is 1.49. The summed E-state index contributed by atoms with van der Waals surface area (Å²) in [5, 5.41) is 14.7. The number of benzene rings is 1. The van der Waals surface area contributed by atoms with E-state index in [0.717, 1.165) is 16.9 Å². The summed E-state index contributed by atoms with van der Waals surface area (Å²) in [6, 6.07) is 6.31. The van der Waals surface area contributed by atoms with Gasteiger partial charge in [0.15, 0.2) is 0 Å². The van der Waals surface area contributed by atoms with Crippen LogP contribution in [0, 0.1) is 0 Å². The van der Waals surface area contributed by atoms with E-state index in [9.17, 15) is 9.90 Å². The van der Waals surface area contributed by atoms with Gasteiger partial charge in [-0.2, -0.15) is 0 Å². The SMILES string of the molecule is COc1ccc(Cl)cc1C(=O)N[C@@H]1CN(c2ncnc3[nH]ccc23)CC[C@@H]1O. The van der Waals surface area contributed by atoms with E-state index in [0.29, 0.717) is 35.8 Å². The summed E-state index contributed by atoms with van der Waals surface area (Å²) in [4.78, 5) is 26.5. The molecule has 1 saturated heterocycles. The molecular weight excluding hydrogens is 382 g/mol. The first-order valence-corrected chi connectivity index (χ1v) is 9.30. The minimum atomic E-state index is -0.658. The summed E-state index contributed by atoms with van der Waals surface area (Å²) < 4.78 is 5.25. The molecule has 9 heteroatoms. The van der Waals surface area contributed by atoms with Gasteiger partial charge in [-0.25, -0.2) is 9.97 Å². The van der Waals surface area contributed by atoms with Crippen LogP contribution in [0.4, 0.5) is 5.82 Å². The van der Waals surface area contributed by atoms with E-state index in [-0.39, 0.29) is 5.91 Å². The highest BCUT2D eigenvalue weighted by molar-refractivity contribution is 6.31. The molecule has 0 radical (unpaired) electrons. The maximum atomic E-state index is 12.8. The van der Waals surface area contributed by atoms with Crippen molar-refractivity contribution in [1.29, 1.82) is 0 Å². The second-order valence-corrected chi connectivity index (χ2v) is 7.10. The van der Waals surface area contributed by atoms with Crippen LogP contribution in [-0.4, -0.2) is 58.3 Å². The van der Waals surface area contributed by atoms with Gasteiger partial charge < -0.3 is 25.0 Å². The number of hydrogen-bond acceptors (Lipinski definition) is 6. The number of halogens is 1. The molecule has 1 aliphatic rings. The predicted molar refractivity (Wildman–Crippen MR) is 106 cm³/mol. The Bertz CT molecular complexity index is 1010. The van der Waals surface area contributed by atoms with Crippen LogP contribution in [0.2, 0.25) is 5.02 Å². The average Bonchev–Trinajstić information content (AvgIpc) is 3.18. The number of nitrogens with zero attached hydrogens (tertiary/aromatic N) is 3. The summed E-state index contributed by atoms with van der Waals surface area (Å²) in [5.74, 6) is 0.853. The number of H-pyrrole nitrogens is 1. The summed E-state index contributed by atoms with van der Waals surface area (Å²) in [6.07, 6.45) is 3.16. The molecule has 3 heterocycles. The molecule has 0 unspecified atom stereocenters. The van der Waals surface area contributed by atoms with Crippen LogP contribution in [0.3, 0.4) is 0 Å². The molecule has 0 bridgehead atoms. The summed E-state index contributed by atoms with van der Waals surface area (Å²) in [6.45, 7) is 1.05.